The highest BCUT2D eigenvalue weighted by molar-refractivity contribution is 9.10. The van der Waals surface area contributed by atoms with Crippen LogP contribution in [0.25, 0.3) is 11.6 Å². The third-order valence-electron chi connectivity index (χ3n) is 4.81. The number of benzene rings is 1. The molecule has 0 atom stereocenters. The van der Waals surface area contributed by atoms with Crippen molar-refractivity contribution in [3.63, 3.8) is 0 Å². The van der Waals surface area contributed by atoms with Crippen LogP contribution in [0.15, 0.2) is 33.3 Å². The summed E-state index contributed by atoms with van der Waals surface area (Å²) in [6.07, 6.45) is 1.46. The van der Waals surface area contributed by atoms with Crippen molar-refractivity contribution >= 4 is 27.7 Å². The van der Waals surface area contributed by atoms with Gasteiger partial charge in [0.05, 0.1) is 4.47 Å². The molecule has 0 amide bonds. The van der Waals surface area contributed by atoms with Gasteiger partial charge < -0.3 is 18.9 Å². The second-order valence-corrected chi connectivity index (χ2v) is 9.51. The van der Waals surface area contributed by atoms with Crippen LogP contribution in [-0.4, -0.2) is 56.1 Å². The van der Waals surface area contributed by atoms with Crippen LogP contribution in [0.2, 0.25) is 0 Å². The van der Waals surface area contributed by atoms with Crippen molar-refractivity contribution in [3.05, 3.63) is 34.6 Å². The second kappa shape index (κ2) is 9.46. The molecule has 33 heavy (non-hydrogen) atoms. The molecule has 0 bridgehead atoms. The van der Waals surface area contributed by atoms with Gasteiger partial charge in [0, 0.05) is 38.1 Å². The number of tetrazole rings is 1. The molecule has 1 fully saturated rings. The van der Waals surface area contributed by atoms with E-state index in [1.54, 1.807) is 32.9 Å². The number of hydrogen-bond acceptors (Lipinski definition) is 9. The molecular weight excluding hydrogens is 499 g/mol. The molecule has 2 aromatic heterocycles. The van der Waals surface area contributed by atoms with Crippen molar-refractivity contribution in [3.8, 4) is 17.3 Å². The van der Waals surface area contributed by atoms with Gasteiger partial charge >= 0.3 is 5.97 Å². The summed E-state index contributed by atoms with van der Waals surface area (Å²) in [6, 6.07) is 6.13. The lowest BCUT2D eigenvalue weighted by atomic mass is 10.1. The second-order valence-electron chi connectivity index (χ2n) is 8.66. The molecule has 3 heterocycles. The normalized spacial score (nSPS) is 15.0. The summed E-state index contributed by atoms with van der Waals surface area (Å²) in [7, 11) is 0. The minimum Gasteiger partial charge on any atom is -0.489 e. The summed E-state index contributed by atoms with van der Waals surface area (Å²) in [5.74, 6) is 0.933. The maximum absolute atomic E-state index is 13.5. The molecule has 10 nitrogen and oxygen atoms in total. The Bertz CT molecular complexity index is 1120. The zero-order valence-corrected chi connectivity index (χ0v) is 20.1. The highest BCUT2D eigenvalue weighted by Crippen LogP contribution is 2.30. The fraction of sp³-hybridized carbons (Fsp3) is 0.476. The lowest BCUT2D eigenvalue weighted by Crippen LogP contribution is -2.38. The summed E-state index contributed by atoms with van der Waals surface area (Å²) >= 11 is 3.39. The van der Waals surface area contributed by atoms with E-state index in [2.05, 4.69) is 41.4 Å². The van der Waals surface area contributed by atoms with E-state index in [1.165, 1.54) is 12.1 Å². The number of carbonyl (C=O) groups excluding carboxylic acids is 1. The quantitative estimate of drug-likeness (QED) is 0.448. The zero-order valence-electron chi connectivity index (χ0n) is 18.5. The Morgan fingerprint density at radius 2 is 2.03 bits per heavy atom. The van der Waals surface area contributed by atoms with Gasteiger partial charge in [-0.25, -0.2) is 9.18 Å². The van der Waals surface area contributed by atoms with Gasteiger partial charge in [-0.2, -0.15) is 4.80 Å². The van der Waals surface area contributed by atoms with E-state index in [1.807, 2.05) is 0 Å². The SMILES string of the molecule is CC(C)(C)OC(=O)Cn1nnc(-c2cc(N3CCC(Oc4cc(F)ccc4Br)CC3)no2)n1. The molecule has 1 saturated heterocycles. The lowest BCUT2D eigenvalue weighted by Gasteiger charge is -2.32. The van der Waals surface area contributed by atoms with E-state index in [4.69, 9.17) is 14.0 Å². The molecule has 176 valence electrons. The Labute approximate surface area is 198 Å². The summed E-state index contributed by atoms with van der Waals surface area (Å²) in [5.41, 5.74) is -0.591. The van der Waals surface area contributed by atoms with Crippen LogP contribution in [0.1, 0.15) is 33.6 Å². The Kier molecular flexibility index (Phi) is 6.63. The van der Waals surface area contributed by atoms with Crippen molar-refractivity contribution in [1.29, 1.82) is 0 Å². The molecular formula is C21H24BrFN6O4. The Morgan fingerprint density at radius 1 is 1.27 bits per heavy atom. The molecule has 0 N–H and O–H groups in total. The molecule has 0 spiro atoms. The number of halogens is 2. The third-order valence-corrected chi connectivity index (χ3v) is 5.47. The van der Waals surface area contributed by atoms with Crippen molar-refractivity contribution in [2.75, 3.05) is 18.0 Å². The monoisotopic (exact) mass is 522 g/mol. The minimum atomic E-state index is -0.591. The van der Waals surface area contributed by atoms with Gasteiger partial charge in [0.2, 0.25) is 11.6 Å². The van der Waals surface area contributed by atoms with Gasteiger partial charge in [-0.3, -0.25) is 0 Å². The molecule has 0 saturated carbocycles. The summed E-state index contributed by atoms with van der Waals surface area (Å²) in [6.45, 7) is 6.61. The first-order chi connectivity index (χ1) is 15.7. The van der Waals surface area contributed by atoms with Gasteiger partial charge in [-0.1, -0.05) is 5.16 Å². The Balaban J connectivity index is 1.33. The lowest BCUT2D eigenvalue weighted by molar-refractivity contribution is -0.156. The van der Waals surface area contributed by atoms with E-state index >= 15 is 0 Å². The number of carbonyl (C=O) groups is 1. The van der Waals surface area contributed by atoms with Gasteiger partial charge in [-0.05, 0) is 54.0 Å². The van der Waals surface area contributed by atoms with Crippen molar-refractivity contribution in [2.24, 2.45) is 0 Å². The largest absolute Gasteiger partial charge is 0.489 e. The topological polar surface area (TPSA) is 108 Å². The fourth-order valence-corrected chi connectivity index (χ4v) is 3.71. The average molecular weight is 523 g/mol. The molecule has 4 rings (SSSR count). The summed E-state index contributed by atoms with van der Waals surface area (Å²) in [5, 5.41) is 16.1. The van der Waals surface area contributed by atoms with Gasteiger partial charge in [0.1, 0.15) is 23.3 Å². The fourth-order valence-electron chi connectivity index (χ4n) is 3.37. The molecule has 1 aliphatic heterocycles. The number of piperidine rings is 1. The number of esters is 1. The number of anilines is 1. The van der Waals surface area contributed by atoms with Crippen LogP contribution < -0.4 is 9.64 Å². The first-order valence-electron chi connectivity index (χ1n) is 10.5. The minimum absolute atomic E-state index is 0.0276. The first-order valence-corrected chi connectivity index (χ1v) is 11.3. The highest BCUT2D eigenvalue weighted by atomic mass is 79.9. The molecule has 1 aliphatic rings. The van der Waals surface area contributed by atoms with Crippen LogP contribution in [0.5, 0.6) is 5.75 Å². The maximum Gasteiger partial charge on any atom is 0.330 e. The van der Waals surface area contributed by atoms with E-state index < -0.39 is 11.6 Å². The molecule has 0 radical (unpaired) electrons. The van der Waals surface area contributed by atoms with Crippen molar-refractivity contribution in [1.82, 2.24) is 25.4 Å². The molecule has 1 aromatic carbocycles. The van der Waals surface area contributed by atoms with E-state index in [9.17, 15) is 9.18 Å². The third kappa shape index (κ3) is 6.06. The molecule has 0 unspecified atom stereocenters. The van der Waals surface area contributed by atoms with Crippen LogP contribution in [0, 0.1) is 5.82 Å². The van der Waals surface area contributed by atoms with Gasteiger partial charge in [0.25, 0.3) is 0 Å². The van der Waals surface area contributed by atoms with Crippen LogP contribution >= 0.6 is 15.9 Å². The van der Waals surface area contributed by atoms with Crippen molar-refractivity contribution in [2.45, 2.75) is 51.9 Å². The van der Waals surface area contributed by atoms with Crippen LogP contribution in [0.3, 0.4) is 0 Å². The molecule has 12 heteroatoms. The molecule has 0 aliphatic carbocycles. The number of ether oxygens (including phenoxy) is 2. The van der Waals surface area contributed by atoms with Crippen molar-refractivity contribution < 1.29 is 23.2 Å². The average Bonchev–Trinajstić information content (AvgIpc) is 3.39. The van der Waals surface area contributed by atoms with Gasteiger partial charge in [-0.15, -0.1) is 10.2 Å². The van der Waals surface area contributed by atoms with E-state index in [-0.39, 0.29) is 24.3 Å². The molecule has 3 aromatic rings. The predicted octanol–water partition coefficient (Wildman–Crippen LogP) is 3.62. The smallest absolute Gasteiger partial charge is 0.330 e. The number of aromatic nitrogens is 5. The predicted molar refractivity (Wildman–Crippen MR) is 119 cm³/mol. The van der Waals surface area contributed by atoms with Crippen LogP contribution in [0.4, 0.5) is 10.2 Å². The van der Waals surface area contributed by atoms with E-state index in [0.29, 0.717) is 30.4 Å². The standard InChI is InChI=1S/C21H24BrFN6O4/c1-21(2,3)32-19(30)12-29-25-20(24-27-29)17-11-18(26-33-17)28-8-6-14(7-9-28)31-16-10-13(23)4-5-15(16)22/h4-5,10-11,14H,6-9,12H2,1-3H3. The zero-order chi connectivity index (χ0) is 23.6. The Morgan fingerprint density at radius 3 is 2.76 bits per heavy atom. The highest BCUT2D eigenvalue weighted by Gasteiger charge is 2.25. The summed E-state index contributed by atoms with van der Waals surface area (Å²) < 4.78 is 30.8. The Hall–Kier alpha value is -3.02. The summed E-state index contributed by atoms with van der Waals surface area (Å²) in [4.78, 5) is 15.2. The number of nitrogens with zero attached hydrogens (tertiary/aromatic N) is 6. The maximum atomic E-state index is 13.5. The first kappa shape index (κ1) is 23.1. The van der Waals surface area contributed by atoms with Crippen LogP contribution in [-0.2, 0) is 16.1 Å². The number of hydrogen-bond donors (Lipinski definition) is 0. The number of rotatable bonds is 6. The van der Waals surface area contributed by atoms with E-state index in [0.717, 1.165) is 22.1 Å². The van der Waals surface area contributed by atoms with Gasteiger partial charge in [0.15, 0.2) is 12.4 Å².